The average molecular weight is 218 g/mol. The van der Waals surface area contributed by atoms with Gasteiger partial charge in [0.25, 0.3) is 0 Å². The summed E-state index contributed by atoms with van der Waals surface area (Å²) in [6.07, 6.45) is 5.81. The van der Waals surface area contributed by atoms with Crippen LogP contribution in [0.25, 0.3) is 0 Å². The van der Waals surface area contributed by atoms with Crippen LogP contribution in [0.1, 0.15) is 25.7 Å². The summed E-state index contributed by atoms with van der Waals surface area (Å²) in [5.41, 5.74) is 0. The monoisotopic (exact) mass is 217 g/mol. The van der Waals surface area contributed by atoms with Crippen molar-refractivity contribution in [2.75, 3.05) is 18.4 Å². The lowest BCUT2D eigenvalue weighted by molar-refractivity contribution is 0.215. The van der Waals surface area contributed by atoms with Crippen molar-refractivity contribution in [2.45, 2.75) is 31.7 Å². The number of halogens is 1. The zero-order valence-electron chi connectivity index (χ0n) is 6.93. The molecule has 11 heavy (non-hydrogen) atoms. The fraction of sp³-hybridized carbons (Fsp3) is 1.00. The lowest BCUT2D eigenvalue weighted by Crippen LogP contribution is -2.32. The van der Waals surface area contributed by atoms with E-state index in [1.165, 1.54) is 44.1 Å². The van der Waals surface area contributed by atoms with E-state index in [-0.39, 0.29) is 0 Å². The number of nitrogens with zero attached hydrogens (tertiary/aromatic N) is 1. The van der Waals surface area contributed by atoms with Crippen LogP contribution in [0.2, 0.25) is 0 Å². The summed E-state index contributed by atoms with van der Waals surface area (Å²) in [5.74, 6) is 1.07. The van der Waals surface area contributed by atoms with E-state index in [0.29, 0.717) is 0 Å². The van der Waals surface area contributed by atoms with Gasteiger partial charge in [-0.2, -0.15) is 0 Å². The highest BCUT2D eigenvalue weighted by Crippen LogP contribution is 2.37. The molecule has 2 atom stereocenters. The third-order valence-electron chi connectivity index (χ3n) is 3.10. The maximum Gasteiger partial charge on any atom is 0.00986 e. The molecule has 2 bridgehead atoms. The van der Waals surface area contributed by atoms with Gasteiger partial charge in [-0.25, -0.2) is 0 Å². The van der Waals surface area contributed by atoms with E-state index in [1.807, 2.05) is 0 Å². The molecule has 0 aromatic rings. The summed E-state index contributed by atoms with van der Waals surface area (Å²) in [5, 5.41) is 1.17. The molecule has 1 heterocycles. The van der Waals surface area contributed by atoms with E-state index in [2.05, 4.69) is 20.8 Å². The second-order valence-electron chi connectivity index (χ2n) is 3.87. The Hall–Kier alpha value is 0.440. The maximum absolute atomic E-state index is 3.48. The number of likely N-dealkylation sites (tertiary alicyclic amines) is 1. The van der Waals surface area contributed by atoms with Gasteiger partial charge >= 0.3 is 0 Å². The number of hydrogen-bond acceptors (Lipinski definition) is 1. The van der Waals surface area contributed by atoms with Crippen LogP contribution in [0.3, 0.4) is 0 Å². The van der Waals surface area contributed by atoms with Gasteiger partial charge in [0.1, 0.15) is 0 Å². The molecule has 1 aliphatic heterocycles. The fourth-order valence-electron chi connectivity index (χ4n) is 2.56. The van der Waals surface area contributed by atoms with Gasteiger partial charge in [0.2, 0.25) is 0 Å². The number of alkyl halides is 1. The highest BCUT2D eigenvalue weighted by atomic mass is 79.9. The van der Waals surface area contributed by atoms with Crippen molar-refractivity contribution >= 4 is 15.9 Å². The standard InChI is InChI=1S/C9H16BrN/c10-4-1-5-11-7-8-2-3-9(11)6-8/h8-9H,1-7H2. The smallest absolute Gasteiger partial charge is 0.00986 e. The van der Waals surface area contributed by atoms with Crippen LogP contribution in [0.15, 0.2) is 0 Å². The molecule has 2 fully saturated rings. The molecule has 0 aromatic carbocycles. The minimum atomic E-state index is 0.971. The lowest BCUT2D eigenvalue weighted by Gasteiger charge is -2.26. The summed E-state index contributed by atoms with van der Waals surface area (Å²) in [6, 6.07) is 0.971. The van der Waals surface area contributed by atoms with Crippen LogP contribution in [0.4, 0.5) is 0 Å². The first-order valence-electron chi connectivity index (χ1n) is 4.70. The molecule has 0 aromatic heterocycles. The molecule has 1 nitrogen and oxygen atoms in total. The van der Waals surface area contributed by atoms with Crippen molar-refractivity contribution < 1.29 is 0 Å². The predicted octanol–water partition coefficient (Wildman–Crippen LogP) is 2.26. The van der Waals surface area contributed by atoms with E-state index in [0.717, 1.165) is 12.0 Å². The quantitative estimate of drug-likeness (QED) is 0.657. The van der Waals surface area contributed by atoms with E-state index >= 15 is 0 Å². The fourth-order valence-corrected chi connectivity index (χ4v) is 2.81. The third kappa shape index (κ3) is 1.62. The molecule has 2 heteroatoms. The summed E-state index contributed by atoms with van der Waals surface area (Å²) in [7, 11) is 0. The lowest BCUT2D eigenvalue weighted by atomic mass is 10.1. The van der Waals surface area contributed by atoms with Crippen LogP contribution in [-0.2, 0) is 0 Å². The van der Waals surface area contributed by atoms with Crippen LogP contribution < -0.4 is 0 Å². The zero-order valence-corrected chi connectivity index (χ0v) is 8.52. The molecule has 0 amide bonds. The van der Waals surface area contributed by atoms with Gasteiger partial charge in [0, 0.05) is 17.9 Å². The van der Waals surface area contributed by atoms with Crippen molar-refractivity contribution in [2.24, 2.45) is 5.92 Å². The minimum absolute atomic E-state index is 0.971. The highest BCUT2D eigenvalue weighted by molar-refractivity contribution is 9.09. The molecule has 0 spiro atoms. The second kappa shape index (κ2) is 3.44. The third-order valence-corrected chi connectivity index (χ3v) is 3.66. The number of rotatable bonds is 3. The summed E-state index contributed by atoms with van der Waals surface area (Å²) in [4.78, 5) is 2.69. The van der Waals surface area contributed by atoms with E-state index in [1.54, 1.807) is 0 Å². The van der Waals surface area contributed by atoms with Crippen molar-refractivity contribution in [3.63, 3.8) is 0 Å². The number of fused-ring (bicyclic) bond motifs is 2. The summed E-state index contributed by atoms with van der Waals surface area (Å²) in [6.45, 7) is 2.73. The molecule has 1 aliphatic carbocycles. The Morgan fingerprint density at radius 2 is 2.27 bits per heavy atom. The number of hydrogen-bond donors (Lipinski definition) is 0. The van der Waals surface area contributed by atoms with Crippen molar-refractivity contribution in [3.05, 3.63) is 0 Å². The molecule has 0 N–H and O–H groups in total. The van der Waals surface area contributed by atoms with E-state index in [4.69, 9.17) is 0 Å². The Labute approximate surface area is 77.3 Å². The Kier molecular flexibility index (Phi) is 2.52. The second-order valence-corrected chi connectivity index (χ2v) is 4.66. The summed E-state index contributed by atoms with van der Waals surface area (Å²) < 4.78 is 0. The average Bonchev–Trinajstić information content (AvgIpc) is 2.60. The predicted molar refractivity (Wildman–Crippen MR) is 51.1 cm³/mol. The van der Waals surface area contributed by atoms with Gasteiger partial charge in [-0.15, -0.1) is 0 Å². The van der Waals surface area contributed by atoms with Gasteiger partial charge < -0.3 is 4.90 Å². The Bertz CT molecular complexity index is 138. The molecule has 1 saturated carbocycles. The highest BCUT2D eigenvalue weighted by Gasteiger charge is 2.36. The first-order chi connectivity index (χ1) is 5.40. The molecule has 64 valence electrons. The van der Waals surface area contributed by atoms with Crippen molar-refractivity contribution in [1.29, 1.82) is 0 Å². The van der Waals surface area contributed by atoms with Gasteiger partial charge in [-0.1, -0.05) is 15.9 Å². The molecule has 0 radical (unpaired) electrons. The first kappa shape index (κ1) is 8.06. The van der Waals surface area contributed by atoms with Crippen LogP contribution in [0, 0.1) is 5.92 Å². The van der Waals surface area contributed by atoms with Crippen molar-refractivity contribution in [3.8, 4) is 0 Å². The molecule has 2 unspecified atom stereocenters. The minimum Gasteiger partial charge on any atom is -0.300 e. The first-order valence-corrected chi connectivity index (χ1v) is 5.82. The summed E-state index contributed by atoms with van der Waals surface area (Å²) >= 11 is 3.48. The van der Waals surface area contributed by atoms with Gasteiger partial charge in [0.15, 0.2) is 0 Å². The molecule has 1 saturated heterocycles. The molecule has 2 aliphatic rings. The van der Waals surface area contributed by atoms with Gasteiger partial charge in [0.05, 0.1) is 0 Å². The van der Waals surface area contributed by atoms with Crippen LogP contribution in [-0.4, -0.2) is 29.4 Å². The normalized spacial score (nSPS) is 36.8. The Balaban J connectivity index is 1.78. The van der Waals surface area contributed by atoms with Gasteiger partial charge in [-0.3, -0.25) is 0 Å². The Morgan fingerprint density at radius 1 is 1.36 bits per heavy atom. The molecule has 2 rings (SSSR count). The van der Waals surface area contributed by atoms with Gasteiger partial charge in [-0.05, 0) is 38.1 Å². The maximum atomic E-state index is 3.48. The SMILES string of the molecule is BrCCCN1CC2CCC1C2. The van der Waals surface area contributed by atoms with E-state index in [9.17, 15) is 0 Å². The molecular weight excluding hydrogens is 202 g/mol. The van der Waals surface area contributed by atoms with E-state index < -0.39 is 0 Å². The zero-order chi connectivity index (χ0) is 7.68. The van der Waals surface area contributed by atoms with Crippen LogP contribution >= 0.6 is 15.9 Å². The Morgan fingerprint density at radius 3 is 2.82 bits per heavy atom. The molecular formula is C9H16BrN. The largest absolute Gasteiger partial charge is 0.300 e. The van der Waals surface area contributed by atoms with Crippen molar-refractivity contribution in [1.82, 2.24) is 4.90 Å². The number of piperidine rings is 1. The topological polar surface area (TPSA) is 3.24 Å². The van der Waals surface area contributed by atoms with Crippen LogP contribution in [0.5, 0.6) is 0 Å².